The Morgan fingerprint density at radius 2 is 1.67 bits per heavy atom. The van der Waals surface area contributed by atoms with Crippen molar-refractivity contribution in [3.05, 3.63) is 23.8 Å². The summed E-state index contributed by atoms with van der Waals surface area (Å²) in [6, 6.07) is 2.54. The smallest absolute Gasteiger partial charge is 0.548 e. The second-order valence-corrected chi connectivity index (χ2v) is 5.30. The molecule has 1 fully saturated rings. The third-order valence-corrected chi connectivity index (χ3v) is 3.91. The molecule has 0 bridgehead atoms. The quantitative estimate of drug-likeness (QED) is 0.353. The molecule has 4 N–H and O–H groups in total. The SMILES string of the molecule is COc1cc(/C=C/C(=O)N2CCCC2C(=O)[O-])cc(OC)c1OC.O.O.[Na+]. The fourth-order valence-electron chi connectivity index (χ4n) is 2.74. The van der Waals surface area contributed by atoms with E-state index in [0.717, 1.165) is 0 Å². The van der Waals surface area contributed by atoms with Gasteiger partial charge in [0.25, 0.3) is 0 Å². The summed E-state index contributed by atoms with van der Waals surface area (Å²) in [7, 11) is 4.52. The molecule has 1 saturated heterocycles. The van der Waals surface area contributed by atoms with Crippen LogP contribution in [0.2, 0.25) is 0 Å². The van der Waals surface area contributed by atoms with E-state index in [1.165, 1.54) is 32.3 Å². The number of rotatable bonds is 6. The van der Waals surface area contributed by atoms with Crippen LogP contribution in [-0.4, -0.2) is 61.6 Å². The molecular formula is C17H24NNaO8. The molecule has 0 aromatic heterocycles. The number of hydrogen-bond donors (Lipinski definition) is 0. The van der Waals surface area contributed by atoms with Crippen LogP contribution in [0.15, 0.2) is 18.2 Å². The van der Waals surface area contributed by atoms with Gasteiger partial charge in [0.2, 0.25) is 11.7 Å². The maximum atomic E-state index is 12.2. The third kappa shape index (κ3) is 6.40. The van der Waals surface area contributed by atoms with E-state index >= 15 is 0 Å². The van der Waals surface area contributed by atoms with Gasteiger partial charge in [-0.2, -0.15) is 0 Å². The van der Waals surface area contributed by atoms with Crippen LogP contribution in [0.3, 0.4) is 0 Å². The van der Waals surface area contributed by atoms with Crippen LogP contribution < -0.4 is 48.9 Å². The molecule has 1 atom stereocenters. The van der Waals surface area contributed by atoms with Crippen LogP contribution in [0.5, 0.6) is 17.2 Å². The Bertz CT molecular complexity index is 639. The molecule has 0 spiro atoms. The van der Waals surface area contributed by atoms with Crippen LogP contribution in [0.1, 0.15) is 18.4 Å². The standard InChI is InChI=1S/C17H21NO6.Na.2H2O/c1-22-13-9-11(10-14(23-2)16(13)24-3)6-7-15(19)18-8-4-5-12(18)17(20)21;;;/h6-7,9-10,12H,4-5,8H2,1-3H3,(H,20,21);;2*1H2/q;+1;;/p-1/b7-6+;;;. The van der Waals surface area contributed by atoms with E-state index in [4.69, 9.17) is 14.2 Å². The van der Waals surface area contributed by atoms with Crippen molar-refractivity contribution >= 4 is 18.0 Å². The van der Waals surface area contributed by atoms with E-state index in [1.807, 2.05) is 0 Å². The number of amides is 1. The van der Waals surface area contributed by atoms with Crippen molar-refractivity contribution < 1.29 is 69.4 Å². The summed E-state index contributed by atoms with van der Waals surface area (Å²) in [5.74, 6) is -0.187. The fourth-order valence-corrected chi connectivity index (χ4v) is 2.74. The Morgan fingerprint density at radius 1 is 1.11 bits per heavy atom. The van der Waals surface area contributed by atoms with E-state index in [9.17, 15) is 14.7 Å². The molecule has 1 aliphatic rings. The minimum atomic E-state index is -1.22. The zero-order valence-corrected chi connectivity index (χ0v) is 17.9. The van der Waals surface area contributed by atoms with Gasteiger partial charge < -0.3 is 40.0 Å². The van der Waals surface area contributed by atoms with Crippen LogP contribution in [-0.2, 0) is 9.59 Å². The van der Waals surface area contributed by atoms with E-state index < -0.39 is 12.0 Å². The molecule has 2 rings (SSSR count). The molecule has 0 saturated carbocycles. The molecule has 27 heavy (non-hydrogen) atoms. The zero-order valence-electron chi connectivity index (χ0n) is 15.9. The number of benzene rings is 1. The molecule has 1 aromatic rings. The molecule has 1 amide bonds. The third-order valence-electron chi connectivity index (χ3n) is 3.91. The van der Waals surface area contributed by atoms with Crippen molar-refractivity contribution in [3.8, 4) is 17.2 Å². The number of carboxylic acids is 1. The zero-order chi connectivity index (χ0) is 17.7. The van der Waals surface area contributed by atoms with Gasteiger partial charge in [0.05, 0.1) is 33.3 Å². The number of ether oxygens (including phenoxy) is 3. The van der Waals surface area contributed by atoms with Gasteiger partial charge in [-0.15, -0.1) is 0 Å². The van der Waals surface area contributed by atoms with Gasteiger partial charge >= 0.3 is 29.6 Å². The Hall–Kier alpha value is -1.78. The summed E-state index contributed by atoms with van der Waals surface area (Å²) in [4.78, 5) is 24.6. The summed E-state index contributed by atoms with van der Waals surface area (Å²) < 4.78 is 15.7. The Morgan fingerprint density at radius 3 is 2.11 bits per heavy atom. The number of carboxylic acid groups (broad SMARTS) is 1. The predicted octanol–water partition coefficient (Wildman–Crippen LogP) is -4.18. The minimum Gasteiger partial charge on any atom is -0.548 e. The van der Waals surface area contributed by atoms with Gasteiger partial charge in [-0.05, 0) is 36.6 Å². The van der Waals surface area contributed by atoms with Crippen molar-refractivity contribution in [1.29, 1.82) is 0 Å². The molecule has 0 radical (unpaired) electrons. The van der Waals surface area contributed by atoms with E-state index in [2.05, 4.69) is 0 Å². The van der Waals surface area contributed by atoms with Crippen LogP contribution in [0, 0.1) is 0 Å². The molecular weight excluding hydrogens is 369 g/mol. The van der Waals surface area contributed by atoms with Crippen molar-refractivity contribution in [1.82, 2.24) is 4.90 Å². The summed E-state index contributed by atoms with van der Waals surface area (Å²) >= 11 is 0. The molecule has 1 unspecified atom stereocenters. The van der Waals surface area contributed by atoms with Crippen LogP contribution >= 0.6 is 0 Å². The first-order chi connectivity index (χ1) is 11.5. The summed E-state index contributed by atoms with van der Waals surface area (Å²) in [5, 5.41) is 11.1. The summed E-state index contributed by atoms with van der Waals surface area (Å²) in [6.07, 6.45) is 3.99. The van der Waals surface area contributed by atoms with Crippen molar-refractivity contribution in [2.75, 3.05) is 27.9 Å². The predicted molar refractivity (Wildman–Crippen MR) is 92.1 cm³/mol. The largest absolute Gasteiger partial charge is 1.00 e. The first kappa shape index (κ1) is 27.4. The minimum absolute atomic E-state index is 0. The van der Waals surface area contributed by atoms with Crippen molar-refractivity contribution in [2.24, 2.45) is 0 Å². The topological polar surface area (TPSA) is 151 Å². The molecule has 146 valence electrons. The molecule has 0 aliphatic carbocycles. The number of hydrogen-bond acceptors (Lipinski definition) is 6. The number of methoxy groups -OCH3 is 3. The van der Waals surface area contributed by atoms with Crippen molar-refractivity contribution in [2.45, 2.75) is 18.9 Å². The number of aliphatic carboxylic acids is 1. The average Bonchev–Trinajstić information content (AvgIpc) is 3.08. The molecule has 9 nitrogen and oxygen atoms in total. The normalized spacial score (nSPS) is 15.2. The van der Waals surface area contributed by atoms with Crippen molar-refractivity contribution in [3.63, 3.8) is 0 Å². The van der Waals surface area contributed by atoms with Crippen LogP contribution in [0.4, 0.5) is 0 Å². The van der Waals surface area contributed by atoms with E-state index in [1.54, 1.807) is 18.2 Å². The molecule has 1 aromatic carbocycles. The van der Waals surface area contributed by atoms with Gasteiger partial charge in [0.1, 0.15) is 0 Å². The molecule has 1 aliphatic heterocycles. The first-order valence-corrected chi connectivity index (χ1v) is 7.51. The van der Waals surface area contributed by atoms with Crippen LogP contribution in [0.25, 0.3) is 6.08 Å². The maximum absolute atomic E-state index is 12.2. The number of likely N-dealkylation sites (tertiary alicyclic amines) is 1. The maximum Gasteiger partial charge on any atom is 1.00 e. The summed E-state index contributed by atoms with van der Waals surface area (Å²) in [6.45, 7) is 0.414. The van der Waals surface area contributed by atoms with Gasteiger partial charge in [0.15, 0.2) is 11.5 Å². The Balaban J connectivity index is 0. The van der Waals surface area contributed by atoms with E-state index in [-0.39, 0.29) is 46.4 Å². The van der Waals surface area contributed by atoms with E-state index in [0.29, 0.717) is 42.2 Å². The molecule has 1 heterocycles. The number of carbonyl (C=O) groups excluding carboxylic acids is 2. The van der Waals surface area contributed by atoms with Gasteiger partial charge in [0, 0.05) is 12.6 Å². The Labute approximate surface area is 179 Å². The van der Waals surface area contributed by atoms with Gasteiger partial charge in [-0.25, -0.2) is 0 Å². The number of nitrogens with zero attached hydrogens (tertiary/aromatic N) is 1. The second kappa shape index (κ2) is 12.6. The average molecular weight is 393 g/mol. The molecule has 10 heteroatoms. The van der Waals surface area contributed by atoms with Gasteiger partial charge in [-0.1, -0.05) is 0 Å². The monoisotopic (exact) mass is 393 g/mol. The fraction of sp³-hybridized carbons (Fsp3) is 0.412. The first-order valence-electron chi connectivity index (χ1n) is 7.51. The summed E-state index contributed by atoms with van der Waals surface area (Å²) in [5.41, 5.74) is 0.669. The van der Waals surface area contributed by atoms with Gasteiger partial charge in [-0.3, -0.25) is 4.79 Å². The second-order valence-electron chi connectivity index (χ2n) is 5.30. The number of carbonyl (C=O) groups is 2. The Kier molecular flexibility index (Phi) is 12.8.